The molecule has 0 atom stereocenters. The number of carbonyl (C=O) groups is 1. The molecule has 1 aliphatic rings. The SMILES string of the molecule is N#Cc1ccc(C=C2SC(=S)N(c3ccc(Cl)c(Cl)c3)C2=O)cc1. The number of anilines is 1. The number of thioether (sulfide) groups is 1. The van der Waals surface area contributed by atoms with Crippen LogP contribution in [-0.4, -0.2) is 10.2 Å². The number of halogens is 2. The summed E-state index contributed by atoms with van der Waals surface area (Å²) in [6.45, 7) is 0. The van der Waals surface area contributed by atoms with E-state index in [1.807, 2.05) is 0 Å². The average Bonchev–Trinajstić information content (AvgIpc) is 2.85. The van der Waals surface area contributed by atoms with Gasteiger partial charge in [0, 0.05) is 0 Å². The number of hydrogen-bond donors (Lipinski definition) is 0. The van der Waals surface area contributed by atoms with Gasteiger partial charge < -0.3 is 0 Å². The summed E-state index contributed by atoms with van der Waals surface area (Å²) in [5.41, 5.74) is 1.97. The number of hydrogen-bond acceptors (Lipinski definition) is 4. The summed E-state index contributed by atoms with van der Waals surface area (Å²) in [5, 5.41) is 9.60. The highest BCUT2D eigenvalue weighted by atomic mass is 35.5. The zero-order valence-corrected chi connectivity index (χ0v) is 15.1. The van der Waals surface area contributed by atoms with Gasteiger partial charge in [-0.3, -0.25) is 9.69 Å². The van der Waals surface area contributed by atoms with Gasteiger partial charge in [0.15, 0.2) is 4.32 Å². The quantitative estimate of drug-likeness (QED) is 0.517. The van der Waals surface area contributed by atoms with Crippen LogP contribution in [0, 0.1) is 11.3 Å². The van der Waals surface area contributed by atoms with Gasteiger partial charge >= 0.3 is 0 Å². The number of rotatable bonds is 2. The van der Waals surface area contributed by atoms with Crippen molar-refractivity contribution in [1.29, 1.82) is 5.26 Å². The third-order valence-electron chi connectivity index (χ3n) is 3.29. The van der Waals surface area contributed by atoms with E-state index in [1.54, 1.807) is 48.5 Å². The molecule has 0 saturated carbocycles. The largest absolute Gasteiger partial charge is 0.270 e. The molecule has 0 unspecified atom stereocenters. The van der Waals surface area contributed by atoms with E-state index in [0.29, 0.717) is 30.5 Å². The summed E-state index contributed by atoms with van der Waals surface area (Å²) >= 11 is 18.5. The smallest absolute Gasteiger partial charge is 0.268 e. The van der Waals surface area contributed by atoms with Gasteiger partial charge in [0.25, 0.3) is 5.91 Å². The van der Waals surface area contributed by atoms with E-state index in [-0.39, 0.29) is 5.91 Å². The summed E-state index contributed by atoms with van der Waals surface area (Å²) in [5.74, 6) is -0.215. The van der Waals surface area contributed by atoms with Crippen LogP contribution >= 0.6 is 47.2 Å². The van der Waals surface area contributed by atoms with Gasteiger partial charge in [-0.15, -0.1) is 0 Å². The summed E-state index contributed by atoms with van der Waals surface area (Å²) in [6, 6.07) is 14.0. The third kappa shape index (κ3) is 3.33. The molecule has 7 heteroatoms. The lowest BCUT2D eigenvalue weighted by molar-refractivity contribution is -0.113. The Labute approximate surface area is 158 Å². The van der Waals surface area contributed by atoms with Gasteiger partial charge in [-0.1, -0.05) is 59.3 Å². The molecule has 3 nitrogen and oxygen atoms in total. The second-order valence-electron chi connectivity index (χ2n) is 4.85. The van der Waals surface area contributed by atoms with Crippen LogP contribution in [0.1, 0.15) is 11.1 Å². The van der Waals surface area contributed by atoms with Crippen LogP contribution in [-0.2, 0) is 4.79 Å². The fourth-order valence-corrected chi connectivity index (χ4v) is 3.71. The van der Waals surface area contributed by atoms with E-state index >= 15 is 0 Å². The first kappa shape index (κ1) is 17.0. The Morgan fingerprint density at radius 1 is 1.12 bits per heavy atom. The lowest BCUT2D eigenvalue weighted by atomic mass is 10.1. The summed E-state index contributed by atoms with van der Waals surface area (Å²) in [4.78, 5) is 14.6. The Hall–Kier alpha value is -1.84. The molecule has 1 saturated heterocycles. The Balaban J connectivity index is 1.92. The maximum atomic E-state index is 12.7. The Bertz CT molecular complexity index is 917. The molecule has 0 spiro atoms. The molecule has 0 aliphatic carbocycles. The number of amides is 1. The molecule has 3 rings (SSSR count). The zero-order valence-electron chi connectivity index (χ0n) is 12.0. The molecule has 1 heterocycles. The van der Waals surface area contributed by atoms with Crippen molar-refractivity contribution in [2.45, 2.75) is 0 Å². The summed E-state index contributed by atoms with van der Waals surface area (Å²) in [6.07, 6.45) is 1.75. The van der Waals surface area contributed by atoms with Crippen molar-refractivity contribution in [3.63, 3.8) is 0 Å². The first-order valence-electron chi connectivity index (χ1n) is 6.73. The van der Waals surface area contributed by atoms with Crippen LogP contribution in [0.2, 0.25) is 10.0 Å². The lowest BCUT2D eigenvalue weighted by Crippen LogP contribution is -2.27. The van der Waals surface area contributed by atoms with Crippen molar-refractivity contribution >= 4 is 69.2 Å². The fourth-order valence-electron chi connectivity index (χ4n) is 2.12. The highest BCUT2D eigenvalue weighted by Crippen LogP contribution is 2.37. The summed E-state index contributed by atoms with van der Waals surface area (Å²) in [7, 11) is 0. The van der Waals surface area contributed by atoms with Gasteiger partial charge in [-0.2, -0.15) is 5.26 Å². The van der Waals surface area contributed by atoms with Gasteiger partial charge in [0.05, 0.1) is 32.3 Å². The standard InChI is InChI=1S/C17H8Cl2N2OS2/c18-13-6-5-12(8-14(13)19)21-16(22)15(24-17(21)23)7-10-1-3-11(9-20)4-2-10/h1-8H. The Morgan fingerprint density at radius 2 is 1.83 bits per heavy atom. The predicted octanol–water partition coefficient (Wildman–Crippen LogP) is 5.27. The molecule has 0 radical (unpaired) electrons. The van der Waals surface area contributed by atoms with Crippen LogP contribution in [0.15, 0.2) is 47.4 Å². The number of nitriles is 1. The van der Waals surface area contributed by atoms with Crippen molar-refractivity contribution < 1.29 is 4.79 Å². The van der Waals surface area contributed by atoms with Crippen LogP contribution < -0.4 is 4.90 Å². The van der Waals surface area contributed by atoms with E-state index < -0.39 is 0 Å². The minimum Gasteiger partial charge on any atom is -0.268 e. The van der Waals surface area contributed by atoms with Gasteiger partial charge in [-0.05, 0) is 42.0 Å². The third-order valence-corrected chi connectivity index (χ3v) is 5.33. The minimum atomic E-state index is -0.215. The first-order chi connectivity index (χ1) is 11.5. The zero-order chi connectivity index (χ0) is 17.3. The van der Waals surface area contributed by atoms with Crippen molar-refractivity contribution in [3.8, 4) is 6.07 Å². The monoisotopic (exact) mass is 390 g/mol. The van der Waals surface area contributed by atoms with E-state index in [2.05, 4.69) is 6.07 Å². The van der Waals surface area contributed by atoms with Gasteiger partial charge in [0.1, 0.15) is 0 Å². The lowest BCUT2D eigenvalue weighted by Gasteiger charge is -2.15. The molecule has 0 N–H and O–H groups in total. The highest BCUT2D eigenvalue weighted by molar-refractivity contribution is 8.27. The normalized spacial score (nSPS) is 15.9. The molecule has 2 aromatic carbocycles. The van der Waals surface area contributed by atoms with Crippen molar-refractivity contribution in [1.82, 2.24) is 0 Å². The average molecular weight is 391 g/mol. The summed E-state index contributed by atoms with van der Waals surface area (Å²) < 4.78 is 0.429. The van der Waals surface area contributed by atoms with Gasteiger partial charge in [-0.25, -0.2) is 0 Å². The molecule has 1 amide bonds. The molecule has 0 aromatic heterocycles. The van der Waals surface area contributed by atoms with E-state index in [4.69, 9.17) is 40.7 Å². The van der Waals surface area contributed by atoms with Crippen LogP contribution in [0.3, 0.4) is 0 Å². The molecule has 1 fully saturated rings. The second kappa shape index (κ2) is 6.96. The first-order valence-corrected chi connectivity index (χ1v) is 8.71. The highest BCUT2D eigenvalue weighted by Gasteiger charge is 2.33. The van der Waals surface area contributed by atoms with Crippen LogP contribution in [0.5, 0.6) is 0 Å². The number of thiocarbonyl (C=S) groups is 1. The molecule has 24 heavy (non-hydrogen) atoms. The predicted molar refractivity (Wildman–Crippen MR) is 103 cm³/mol. The topological polar surface area (TPSA) is 44.1 Å². The molecular weight excluding hydrogens is 383 g/mol. The number of nitrogens with zero attached hydrogens (tertiary/aromatic N) is 2. The Morgan fingerprint density at radius 3 is 2.46 bits per heavy atom. The van der Waals surface area contributed by atoms with E-state index in [9.17, 15) is 4.79 Å². The van der Waals surface area contributed by atoms with Crippen LogP contribution in [0.4, 0.5) is 5.69 Å². The molecule has 118 valence electrons. The number of carbonyl (C=O) groups excluding carboxylic acids is 1. The van der Waals surface area contributed by atoms with Crippen LogP contribution in [0.25, 0.3) is 6.08 Å². The van der Waals surface area contributed by atoms with E-state index in [1.165, 1.54) is 16.7 Å². The van der Waals surface area contributed by atoms with E-state index in [0.717, 1.165) is 5.56 Å². The number of benzene rings is 2. The molecule has 0 bridgehead atoms. The maximum absolute atomic E-state index is 12.7. The second-order valence-corrected chi connectivity index (χ2v) is 7.34. The minimum absolute atomic E-state index is 0.215. The van der Waals surface area contributed by atoms with Crippen molar-refractivity contribution in [2.75, 3.05) is 4.90 Å². The molecular formula is C17H8Cl2N2OS2. The maximum Gasteiger partial charge on any atom is 0.270 e. The van der Waals surface area contributed by atoms with Crippen molar-refractivity contribution in [3.05, 3.63) is 68.5 Å². The van der Waals surface area contributed by atoms with Gasteiger partial charge in [0.2, 0.25) is 0 Å². The fraction of sp³-hybridized carbons (Fsp3) is 0. The van der Waals surface area contributed by atoms with Crippen molar-refractivity contribution in [2.24, 2.45) is 0 Å². The Kier molecular flexibility index (Phi) is 4.93. The molecule has 2 aromatic rings. The molecule has 1 aliphatic heterocycles.